The molecule has 2 aromatic rings. The Morgan fingerprint density at radius 3 is 2.38 bits per heavy atom. The Labute approximate surface area is 225 Å². The molecule has 0 radical (unpaired) electrons. The molecule has 3 rings (SSSR count). The second-order valence-corrected chi connectivity index (χ2v) is 9.04. The summed E-state index contributed by atoms with van der Waals surface area (Å²) in [7, 11) is 0. The number of rotatable bonds is 10. The molecule has 9 nitrogen and oxygen atoms in total. The van der Waals surface area contributed by atoms with Gasteiger partial charge in [0, 0.05) is 49.9 Å². The monoisotopic (exact) mass is 577 g/mol. The van der Waals surface area contributed by atoms with E-state index in [0.717, 1.165) is 12.1 Å². The van der Waals surface area contributed by atoms with Crippen LogP contribution in [-0.4, -0.2) is 78.7 Å². The number of amides is 2. The highest BCUT2D eigenvalue weighted by molar-refractivity contribution is 6.31. The molecule has 0 unspecified atom stereocenters. The maximum atomic E-state index is 14.8. The second-order valence-electron chi connectivity index (χ2n) is 8.60. The molecular weight excluding hydrogens is 553 g/mol. The van der Waals surface area contributed by atoms with Crippen LogP contribution in [-0.2, 0) is 11.3 Å². The van der Waals surface area contributed by atoms with Crippen LogP contribution in [0.2, 0.25) is 5.02 Å². The summed E-state index contributed by atoms with van der Waals surface area (Å²) in [5.74, 6) is -3.80. The predicted octanol–water partition coefficient (Wildman–Crippen LogP) is 4.13. The van der Waals surface area contributed by atoms with Gasteiger partial charge in [0.1, 0.15) is 6.29 Å². The van der Waals surface area contributed by atoms with Crippen LogP contribution in [0.1, 0.15) is 22.3 Å². The number of hydrogen-bond acceptors (Lipinski definition) is 6. The molecule has 0 aliphatic carbocycles. The third-order valence-corrected chi connectivity index (χ3v) is 6.22. The molecule has 1 saturated heterocycles. The van der Waals surface area contributed by atoms with Gasteiger partial charge in [-0.15, -0.1) is 0 Å². The Kier molecular flexibility index (Phi) is 10.1. The number of hydrazine groups is 1. The van der Waals surface area contributed by atoms with Crippen molar-refractivity contribution in [1.29, 1.82) is 0 Å². The highest BCUT2D eigenvalue weighted by atomic mass is 35.5. The molecule has 39 heavy (non-hydrogen) atoms. The van der Waals surface area contributed by atoms with Crippen LogP contribution >= 0.6 is 11.6 Å². The number of nitrogens with one attached hydrogen (secondary N) is 2. The van der Waals surface area contributed by atoms with E-state index in [0.29, 0.717) is 48.2 Å². The van der Waals surface area contributed by atoms with E-state index in [-0.39, 0.29) is 17.8 Å². The van der Waals surface area contributed by atoms with Crippen molar-refractivity contribution in [2.75, 3.05) is 49.5 Å². The smallest absolute Gasteiger partial charge is 0.422 e. The van der Waals surface area contributed by atoms with Crippen LogP contribution < -0.4 is 15.6 Å². The lowest BCUT2D eigenvalue weighted by atomic mass is 10.1. The summed E-state index contributed by atoms with van der Waals surface area (Å²) in [4.78, 5) is 38.0. The van der Waals surface area contributed by atoms with Gasteiger partial charge in [-0.3, -0.25) is 9.69 Å². The fourth-order valence-electron chi connectivity index (χ4n) is 3.93. The van der Waals surface area contributed by atoms with E-state index >= 15 is 0 Å². The van der Waals surface area contributed by atoms with E-state index in [1.807, 2.05) is 4.90 Å². The molecule has 15 heteroatoms. The first-order valence-electron chi connectivity index (χ1n) is 11.7. The van der Waals surface area contributed by atoms with E-state index in [4.69, 9.17) is 16.7 Å². The molecule has 0 atom stereocenters. The number of piperazine rings is 1. The number of anilines is 2. The van der Waals surface area contributed by atoms with Crippen molar-refractivity contribution in [1.82, 2.24) is 15.3 Å². The summed E-state index contributed by atoms with van der Waals surface area (Å²) in [6.45, 7) is 0.257. The standard InChI is InChI=1S/C24H25ClF5N5O4/c25-16-2-4-18(19(13-16)34-9-7-33(8-10-34)6-5-24(28,29)30)32-22(37)17-3-1-15(20(26)21(17)27)14-31-35(11-12-36)23(38)39/h1-4,12-13,31H,5-11,14H2,(H,32,37)(H,38,39). The van der Waals surface area contributed by atoms with Crippen molar-refractivity contribution in [2.24, 2.45) is 0 Å². The van der Waals surface area contributed by atoms with E-state index in [9.17, 15) is 36.3 Å². The SMILES string of the molecule is O=CCN(NCc1ccc(C(=O)Nc2ccc(Cl)cc2N2CCN(CCC(F)(F)F)CC2)c(F)c1F)C(=O)O. The Morgan fingerprint density at radius 1 is 1.08 bits per heavy atom. The van der Waals surface area contributed by atoms with Gasteiger partial charge < -0.3 is 20.1 Å². The van der Waals surface area contributed by atoms with Gasteiger partial charge in [-0.05, 0) is 24.3 Å². The second kappa shape index (κ2) is 13.0. The van der Waals surface area contributed by atoms with E-state index < -0.39 is 54.9 Å². The van der Waals surface area contributed by atoms with E-state index in [1.165, 1.54) is 12.1 Å². The fraction of sp³-hybridized carbons (Fsp3) is 0.375. The van der Waals surface area contributed by atoms with Crippen LogP contribution in [0.4, 0.5) is 38.1 Å². The molecule has 0 saturated carbocycles. The van der Waals surface area contributed by atoms with Crippen LogP contribution in [0.5, 0.6) is 0 Å². The molecule has 1 aliphatic rings. The number of aldehydes is 1. The van der Waals surface area contributed by atoms with Crippen molar-refractivity contribution < 1.29 is 41.4 Å². The zero-order chi connectivity index (χ0) is 28.7. The van der Waals surface area contributed by atoms with Gasteiger partial charge >= 0.3 is 12.3 Å². The average molecular weight is 578 g/mol. The Hall–Kier alpha value is -3.49. The first-order chi connectivity index (χ1) is 18.4. The van der Waals surface area contributed by atoms with Gasteiger partial charge in [-0.2, -0.15) is 13.2 Å². The van der Waals surface area contributed by atoms with Gasteiger partial charge in [0.05, 0.1) is 29.9 Å². The van der Waals surface area contributed by atoms with Crippen LogP contribution in [0.25, 0.3) is 0 Å². The summed E-state index contributed by atoms with van der Waals surface area (Å²) in [5, 5.41) is 12.3. The number of nitrogens with zero attached hydrogens (tertiary/aromatic N) is 3. The van der Waals surface area contributed by atoms with Crippen LogP contribution in [0.15, 0.2) is 30.3 Å². The lowest BCUT2D eigenvalue weighted by molar-refractivity contribution is -0.138. The molecule has 1 heterocycles. The number of hydrogen-bond donors (Lipinski definition) is 3. The molecule has 1 fully saturated rings. The number of carboxylic acid groups (broad SMARTS) is 1. The largest absolute Gasteiger partial charge is 0.464 e. The van der Waals surface area contributed by atoms with E-state index in [1.54, 1.807) is 11.0 Å². The van der Waals surface area contributed by atoms with E-state index in [2.05, 4.69) is 10.7 Å². The summed E-state index contributed by atoms with van der Waals surface area (Å²) < 4.78 is 67.1. The van der Waals surface area contributed by atoms with Gasteiger partial charge in [0.15, 0.2) is 11.6 Å². The molecule has 2 aromatic carbocycles. The van der Waals surface area contributed by atoms with Crippen LogP contribution in [0.3, 0.4) is 0 Å². The normalized spacial score (nSPS) is 14.3. The maximum absolute atomic E-state index is 14.8. The highest BCUT2D eigenvalue weighted by Crippen LogP contribution is 2.31. The number of benzene rings is 2. The molecule has 0 bridgehead atoms. The molecule has 0 aromatic heterocycles. The minimum atomic E-state index is -4.25. The summed E-state index contributed by atoms with van der Waals surface area (Å²) >= 11 is 6.12. The molecule has 2 amide bonds. The minimum absolute atomic E-state index is 0.127. The quantitative estimate of drug-likeness (QED) is 0.222. The summed E-state index contributed by atoms with van der Waals surface area (Å²) in [5.41, 5.74) is 2.09. The van der Waals surface area contributed by atoms with Gasteiger partial charge in [0.2, 0.25) is 0 Å². The maximum Gasteiger partial charge on any atom is 0.422 e. The summed E-state index contributed by atoms with van der Waals surface area (Å²) in [6.07, 6.45) is -6.36. The highest BCUT2D eigenvalue weighted by Gasteiger charge is 2.29. The van der Waals surface area contributed by atoms with Crippen LogP contribution in [0, 0.1) is 11.6 Å². The first kappa shape index (κ1) is 30.1. The topological polar surface area (TPSA) is 105 Å². The lowest BCUT2D eigenvalue weighted by Crippen LogP contribution is -2.47. The number of alkyl halides is 3. The van der Waals surface area contributed by atoms with Gasteiger partial charge in [-0.25, -0.2) is 24.0 Å². The average Bonchev–Trinajstić information content (AvgIpc) is 2.88. The lowest BCUT2D eigenvalue weighted by Gasteiger charge is -2.37. The first-order valence-corrected chi connectivity index (χ1v) is 12.1. The molecule has 3 N–H and O–H groups in total. The van der Waals surface area contributed by atoms with Crippen molar-refractivity contribution in [3.05, 3.63) is 58.1 Å². The third kappa shape index (κ3) is 8.25. The third-order valence-electron chi connectivity index (χ3n) is 5.99. The number of carbonyl (C=O) groups is 3. The van der Waals surface area contributed by atoms with Crippen molar-refractivity contribution >= 4 is 41.3 Å². The predicted molar refractivity (Wildman–Crippen MR) is 133 cm³/mol. The molecular formula is C24H25ClF5N5O4. The Bertz CT molecular complexity index is 1210. The Balaban J connectivity index is 1.71. The van der Waals surface area contributed by atoms with Crippen molar-refractivity contribution in [3.63, 3.8) is 0 Å². The summed E-state index contributed by atoms with van der Waals surface area (Å²) in [6, 6.07) is 6.65. The number of carbonyl (C=O) groups excluding carboxylic acids is 2. The Morgan fingerprint density at radius 2 is 1.77 bits per heavy atom. The van der Waals surface area contributed by atoms with Crippen molar-refractivity contribution in [3.8, 4) is 0 Å². The molecule has 212 valence electrons. The molecule has 1 aliphatic heterocycles. The zero-order valence-corrected chi connectivity index (χ0v) is 21.2. The van der Waals surface area contributed by atoms with Gasteiger partial charge in [-0.1, -0.05) is 17.7 Å². The zero-order valence-electron chi connectivity index (χ0n) is 20.4. The number of halogens is 6. The fourth-order valence-corrected chi connectivity index (χ4v) is 4.09. The van der Waals surface area contributed by atoms with Crippen molar-refractivity contribution in [2.45, 2.75) is 19.1 Å². The minimum Gasteiger partial charge on any atom is -0.464 e. The molecule has 0 spiro atoms. The van der Waals surface area contributed by atoms with Gasteiger partial charge in [0.25, 0.3) is 5.91 Å².